The van der Waals surface area contributed by atoms with E-state index in [2.05, 4.69) is 4.99 Å². The van der Waals surface area contributed by atoms with Crippen LogP contribution < -0.4 is 4.31 Å². The van der Waals surface area contributed by atoms with E-state index in [9.17, 15) is 13.2 Å². The maximum Gasteiger partial charge on any atom is 0.262 e. The minimum atomic E-state index is -2.34. The fourth-order valence-electron chi connectivity index (χ4n) is 2.27. The van der Waals surface area contributed by atoms with Gasteiger partial charge in [0, 0.05) is 19.2 Å². The van der Waals surface area contributed by atoms with Crippen molar-refractivity contribution in [3.63, 3.8) is 0 Å². The number of rotatable bonds is 7. The molecule has 0 bridgehead atoms. The molecule has 0 aliphatic heterocycles. The first-order valence-corrected chi connectivity index (χ1v) is 9.44. The Morgan fingerprint density at radius 3 is 2.65 bits per heavy atom. The van der Waals surface area contributed by atoms with E-state index in [0.717, 1.165) is 6.54 Å². The van der Waals surface area contributed by atoms with Crippen molar-refractivity contribution < 1.29 is 13.2 Å². The second kappa shape index (κ2) is 9.12. The van der Waals surface area contributed by atoms with Crippen LogP contribution in [0.1, 0.15) is 18.1 Å². The molecule has 1 unspecified atom stereocenters. The molecule has 140 valence electrons. The summed E-state index contributed by atoms with van der Waals surface area (Å²) in [5, 5.41) is 0.343. The molecule has 0 aromatic heterocycles. The van der Waals surface area contributed by atoms with Crippen LogP contribution in [-0.4, -0.2) is 33.6 Å². The van der Waals surface area contributed by atoms with Crippen LogP contribution in [0.2, 0.25) is 5.02 Å². The lowest BCUT2D eigenvalue weighted by Gasteiger charge is -2.23. The van der Waals surface area contributed by atoms with Crippen LogP contribution in [0.5, 0.6) is 0 Å². The first-order chi connectivity index (χ1) is 12.3. The SMILES string of the molecule is CCN(C)C=Nc1cc(C)c(N(Cc2ccccc2F)S(=O)O)cc1Cl. The van der Waals surface area contributed by atoms with E-state index in [1.54, 1.807) is 43.6 Å². The van der Waals surface area contributed by atoms with Gasteiger partial charge < -0.3 is 4.90 Å². The Bertz CT molecular complexity index is 832. The van der Waals surface area contributed by atoms with Gasteiger partial charge in [0.15, 0.2) is 0 Å². The van der Waals surface area contributed by atoms with Crippen LogP contribution in [-0.2, 0) is 17.8 Å². The van der Waals surface area contributed by atoms with Crippen molar-refractivity contribution >= 4 is 40.6 Å². The number of aliphatic imine (C=N–C) groups is 1. The van der Waals surface area contributed by atoms with Crippen molar-refractivity contribution in [2.24, 2.45) is 4.99 Å². The summed E-state index contributed by atoms with van der Waals surface area (Å²) >= 11 is 3.96. The molecule has 0 aliphatic carbocycles. The third-order valence-corrected chi connectivity index (χ3v) is 4.89. The van der Waals surface area contributed by atoms with Crippen LogP contribution in [0.3, 0.4) is 0 Å². The molecule has 0 amide bonds. The van der Waals surface area contributed by atoms with Crippen molar-refractivity contribution in [3.05, 3.63) is 58.4 Å². The zero-order chi connectivity index (χ0) is 19.3. The fourth-order valence-corrected chi connectivity index (χ4v) is 3.09. The van der Waals surface area contributed by atoms with Crippen molar-refractivity contribution in [1.82, 2.24) is 4.90 Å². The van der Waals surface area contributed by atoms with Crippen molar-refractivity contribution in [3.8, 4) is 0 Å². The molecule has 2 aromatic rings. The summed E-state index contributed by atoms with van der Waals surface area (Å²) in [5.41, 5.74) is 2.03. The minimum Gasteiger partial charge on any atom is -0.366 e. The zero-order valence-corrected chi connectivity index (χ0v) is 16.4. The van der Waals surface area contributed by atoms with E-state index in [1.165, 1.54) is 10.4 Å². The van der Waals surface area contributed by atoms with Gasteiger partial charge in [-0.3, -0.25) is 8.86 Å². The molecule has 5 nitrogen and oxygen atoms in total. The van der Waals surface area contributed by atoms with Crippen LogP contribution in [0.15, 0.2) is 41.4 Å². The van der Waals surface area contributed by atoms with Gasteiger partial charge in [-0.25, -0.2) is 13.6 Å². The molecule has 0 spiro atoms. The maximum absolute atomic E-state index is 13.9. The highest BCUT2D eigenvalue weighted by Gasteiger charge is 2.19. The Labute approximate surface area is 160 Å². The molecule has 8 heteroatoms. The molecular weight excluding hydrogens is 377 g/mol. The monoisotopic (exact) mass is 397 g/mol. The summed E-state index contributed by atoms with van der Waals surface area (Å²) in [6.45, 7) is 4.53. The molecule has 26 heavy (non-hydrogen) atoms. The molecule has 0 fully saturated rings. The topological polar surface area (TPSA) is 56.1 Å². The highest BCUT2D eigenvalue weighted by Crippen LogP contribution is 2.34. The lowest BCUT2D eigenvalue weighted by Crippen LogP contribution is -2.26. The maximum atomic E-state index is 13.9. The third-order valence-electron chi connectivity index (χ3n) is 3.89. The van der Waals surface area contributed by atoms with Gasteiger partial charge in [-0.15, -0.1) is 0 Å². The lowest BCUT2D eigenvalue weighted by atomic mass is 10.1. The Morgan fingerprint density at radius 1 is 1.35 bits per heavy atom. The number of anilines is 1. The Kier molecular flexibility index (Phi) is 7.14. The smallest absolute Gasteiger partial charge is 0.262 e. The minimum absolute atomic E-state index is 0.0614. The molecule has 0 heterocycles. The van der Waals surface area contributed by atoms with E-state index in [4.69, 9.17) is 11.6 Å². The number of halogens is 2. The predicted molar refractivity (Wildman–Crippen MR) is 106 cm³/mol. The van der Waals surface area contributed by atoms with Gasteiger partial charge in [0.2, 0.25) is 0 Å². The van der Waals surface area contributed by atoms with Gasteiger partial charge in [0.25, 0.3) is 11.3 Å². The lowest BCUT2D eigenvalue weighted by molar-refractivity contribution is 0.552. The average Bonchev–Trinajstić information content (AvgIpc) is 2.61. The average molecular weight is 398 g/mol. The Morgan fingerprint density at radius 2 is 2.04 bits per heavy atom. The van der Waals surface area contributed by atoms with Crippen molar-refractivity contribution in [2.75, 3.05) is 17.9 Å². The van der Waals surface area contributed by atoms with Crippen molar-refractivity contribution in [1.29, 1.82) is 0 Å². The molecule has 0 radical (unpaired) electrons. The van der Waals surface area contributed by atoms with Crippen molar-refractivity contribution in [2.45, 2.75) is 20.4 Å². The Hall–Kier alpha value is -1.96. The molecule has 2 rings (SSSR count). The summed E-state index contributed by atoms with van der Waals surface area (Å²) in [6.07, 6.45) is 1.67. The molecule has 0 saturated carbocycles. The summed E-state index contributed by atoms with van der Waals surface area (Å²) in [7, 11) is 1.89. The summed E-state index contributed by atoms with van der Waals surface area (Å²) < 4.78 is 36.7. The highest BCUT2D eigenvalue weighted by molar-refractivity contribution is 7.80. The van der Waals surface area contributed by atoms with E-state index in [-0.39, 0.29) is 6.54 Å². The van der Waals surface area contributed by atoms with Gasteiger partial charge in [0.1, 0.15) is 5.82 Å². The number of hydrogen-bond donors (Lipinski definition) is 1. The molecule has 0 aliphatic rings. The first kappa shape index (κ1) is 20.4. The van der Waals surface area contributed by atoms with Gasteiger partial charge >= 0.3 is 0 Å². The third kappa shape index (κ3) is 5.03. The van der Waals surface area contributed by atoms with Crippen LogP contribution >= 0.6 is 11.6 Å². The fraction of sp³-hybridized carbons (Fsp3) is 0.278. The van der Waals surface area contributed by atoms with Crippen LogP contribution in [0, 0.1) is 12.7 Å². The second-order valence-electron chi connectivity index (χ2n) is 5.77. The second-order valence-corrected chi connectivity index (χ2v) is 7.08. The van der Waals surface area contributed by atoms with E-state index in [0.29, 0.717) is 27.5 Å². The summed E-state index contributed by atoms with van der Waals surface area (Å²) in [4.78, 5) is 6.23. The number of aryl methyl sites for hydroxylation is 1. The largest absolute Gasteiger partial charge is 0.366 e. The highest BCUT2D eigenvalue weighted by atomic mass is 35.5. The first-order valence-electron chi connectivity index (χ1n) is 8.00. The molecule has 1 N–H and O–H groups in total. The number of benzene rings is 2. The van der Waals surface area contributed by atoms with E-state index in [1.807, 2.05) is 18.9 Å². The molecule has 2 aromatic carbocycles. The van der Waals surface area contributed by atoms with Crippen LogP contribution in [0.25, 0.3) is 0 Å². The molecule has 0 saturated heterocycles. The summed E-state index contributed by atoms with van der Waals surface area (Å²) in [6, 6.07) is 9.45. The quantitative estimate of drug-likeness (QED) is 0.424. The van der Waals surface area contributed by atoms with Gasteiger partial charge in [-0.2, -0.15) is 0 Å². The Balaban J connectivity index is 2.38. The number of hydrogen-bond acceptors (Lipinski definition) is 2. The number of nitrogens with zero attached hydrogens (tertiary/aromatic N) is 3. The molecule has 1 atom stereocenters. The van der Waals surface area contributed by atoms with E-state index < -0.39 is 17.1 Å². The van der Waals surface area contributed by atoms with E-state index >= 15 is 0 Å². The predicted octanol–water partition coefficient (Wildman–Crippen LogP) is 4.54. The standard InChI is InChI=1S/C18H21ClFN3O2S/c1-4-22(3)12-21-17-9-13(2)18(10-15(17)19)23(26(24)25)11-14-7-5-6-8-16(14)20/h5-10,12H,4,11H2,1-3H3,(H,24,25). The van der Waals surface area contributed by atoms with Gasteiger partial charge in [-0.1, -0.05) is 29.8 Å². The summed E-state index contributed by atoms with van der Waals surface area (Å²) in [5.74, 6) is -0.435. The molecular formula is C18H21ClFN3O2S. The van der Waals surface area contributed by atoms with Crippen LogP contribution in [0.4, 0.5) is 15.8 Å². The van der Waals surface area contributed by atoms with Gasteiger partial charge in [0.05, 0.1) is 29.3 Å². The van der Waals surface area contributed by atoms with Gasteiger partial charge in [-0.05, 0) is 37.6 Å². The normalized spacial score (nSPS) is 12.4. The zero-order valence-electron chi connectivity index (χ0n) is 14.8.